The molecule has 2 bridgehead atoms. The first-order valence-corrected chi connectivity index (χ1v) is 11.5. The van der Waals surface area contributed by atoms with Crippen molar-refractivity contribution in [3.05, 3.63) is 59.2 Å². The predicted molar refractivity (Wildman–Crippen MR) is 117 cm³/mol. The van der Waals surface area contributed by atoms with E-state index in [0.717, 1.165) is 30.0 Å². The molecule has 2 nitrogen and oxygen atoms in total. The zero-order chi connectivity index (χ0) is 24.7. The number of hydrogen-bond donors (Lipinski definition) is 0. The molecular formula is C26H27F6NO. The average Bonchev–Trinajstić information content (AvgIpc) is 2.81. The molecule has 0 radical (unpaired) electrons. The number of rotatable bonds is 1. The number of likely N-dealkylation sites (tertiary alicyclic amines) is 1. The van der Waals surface area contributed by atoms with E-state index >= 15 is 0 Å². The van der Waals surface area contributed by atoms with Gasteiger partial charge in [0.15, 0.2) is 0 Å². The Morgan fingerprint density at radius 1 is 0.941 bits per heavy atom. The highest BCUT2D eigenvalue weighted by molar-refractivity contribution is 5.66. The first kappa shape index (κ1) is 24.8. The third-order valence-electron chi connectivity index (χ3n) is 7.79. The highest BCUT2D eigenvalue weighted by atomic mass is 19.4. The van der Waals surface area contributed by atoms with Gasteiger partial charge >= 0.3 is 12.4 Å². The van der Waals surface area contributed by atoms with Crippen LogP contribution in [-0.2, 0) is 22.8 Å². The Morgan fingerprint density at radius 3 is 2.21 bits per heavy atom. The number of likely N-dealkylation sites (N-methyl/N-ethyl adjacent to an activating group) is 1. The maximum atomic E-state index is 12.9. The molecule has 184 valence electrons. The van der Waals surface area contributed by atoms with Gasteiger partial charge in [0, 0.05) is 11.5 Å². The summed E-state index contributed by atoms with van der Waals surface area (Å²) < 4.78 is 69.9. The van der Waals surface area contributed by atoms with Crippen LogP contribution in [0.1, 0.15) is 48.8 Å². The van der Waals surface area contributed by atoms with Crippen molar-refractivity contribution in [1.82, 2.24) is 4.90 Å². The summed E-state index contributed by atoms with van der Waals surface area (Å²) in [5.74, 6) is 0.718. The fourth-order valence-corrected chi connectivity index (χ4v) is 6.23. The van der Waals surface area contributed by atoms with Gasteiger partial charge in [-0.1, -0.05) is 43.2 Å². The smallest absolute Gasteiger partial charge is 0.303 e. The van der Waals surface area contributed by atoms with Crippen LogP contribution in [0.4, 0.5) is 26.3 Å². The molecule has 2 aromatic carbocycles. The van der Waals surface area contributed by atoms with Crippen LogP contribution < -0.4 is 0 Å². The van der Waals surface area contributed by atoms with Gasteiger partial charge in [-0.3, -0.25) is 4.79 Å². The average molecular weight is 483 g/mol. The lowest BCUT2D eigenvalue weighted by atomic mass is 9.52. The van der Waals surface area contributed by atoms with Crippen molar-refractivity contribution in [2.45, 2.75) is 62.3 Å². The van der Waals surface area contributed by atoms with E-state index in [1.54, 1.807) is 12.1 Å². The fraction of sp³-hybridized carbons (Fsp3) is 0.500. The van der Waals surface area contributed by atoms with Crippen LogP contribution in [0.5, 0.6) is 0 Å². The van der Waals surface area contributed by atoms with E-state index in [9.17, 15) is 26.3 Å². The van der Waals surface area contributed by atoms with Crippen LogP contribution in [0, 0.1) is 5.92 Å². The lowest BCUT2D eigenvalue weighted by Gasteiger charge is -2.58. The Kier molecular flexibility index (Phi) is 6.57. The van der Waals surface area contributed by atoms with Gasteiger partial charge in [0.25, 0.3) is 0 Å². The van der Waals surface area contributed by atoms with Crippen LogP contribution in [0.25, 0.3) is 11.1 Å². The summed E-state index contributed by atoms with van der Waals surface area (Å²) >= 11 is 0. The van der Waals surface area contributed by atoms with Crippen molar-refractivity contribution in [1.29, 1.82) is 0 Å². The van der Waals surface area contributed by atoms with Crippen LogP contribution in [-0.4, -0.2) is 37.0 Å². The minimum atomic E-state index is -4.64. The Morgan fingerprint density at radius 2 is 1.59 bits per heavy atom. The van der Waals surface area contributed by atoms with Crippen molar-refractivity contribution >= 4 is 6.29 Å². The maximum absolute atomic E-state index is 12.9. The van der Waals surface area contributed by atoms with E-state index in [2.05, 4.69) is 30.1 Å². The molecule has 1 heterocycles. The van der Waals surface area contributed by atoms with Gasteiger partial charge in [-0.25, -0.2) is 0 Å². The quantitative estimate of drug-likeness (QED) is 0.328. The Hall–Kier alpha value is -2.35. The molecule has 0 amide bonds. The van der Waals surface area contributed by atoms with Gasteiger partial charge in [0.05, 0.1) is 5.56 Å². The molecule has 2 aliphatic carbocycles. The van der Waals surface area contributed by atoms with Crippen molar-refractivity contribution in [2.24, 2.45) is 5.92 Å². The SMILES string of the molecule is CN1CCC23CCCC[C@@H]2[C@H]1Cc1ccc(-c2ccc(C(F)(F)F)cc2)cc13.O=CC(F)(F)F. The van der Waals surface area contributed by atoms with Crippen molar-refractivity contribution < 1.29 is 31.1 Å². The van der Waals surface area contributed by atoms with E-state index < -0.39 is 24.2 Å². The molecule has 1 saturated heterocycles. The highest BCUT2D eigenvalue weighted by Gasteiger charge is 2.53. The number of halogens is 6. The molecule has 2 fully saturated rings. The van der Waals surface area contributed by atoms with E-state index in [0.29, 0.717) is 6.04 Å². The number of piperidine rings is 1. The van der Waals surface area contributed by atoms with Gasteiger partial charge in [-0.05, 0) is 79.6 Å². The predicted octanol–water partition coefficient (Wildman–Crippen LogP) is 6.81. The molecule has 8 heteroatoms. The van der Waals surface area contributed by atoms with Gasteiger partial charge in [0.2, 0.25) is 6.29 Å². The van der Waals surface area contributed by atoms with Gasteiger partial charge in [-0.15, -0.1) is 0 Å². The van der Waals surface area contributed by atoms with E-state index in [-0.39, 0.29) is 5.41 Å². The van der Waals surface area contributed by atoms with Gasteiger partial charge in [-0.2, -0.15) is 26.3 Å². The summed E-state index contributed by atoms with van der Waals surface area (Å²) in [6.07, 6.45) is -2.51. The summed E-state index contributed by atoms with van der Waals surface area (Å²) in [6, 6.07) is 12.9. The number of alkyl halides is 6. The maximum Gasteiger partial charge on any atom is 0.446 e. The summed E-state index contributed by atoms with van der Waals surface area (Å²) in [4.78, 5) is 11.3. The Bertz CT molecular complexity index is 1030. The normalized spacial score (nSPS) is 26.6. The van der Waals surface area contributed by atoms with Crippen LogP contribution in [0.3, 0.4) is 0 Å². The summed E-state index contributed by atoms with van der Waals surface area (Å²) in [5.41, 5.74) is 4.53. The minimum Gasteiger partial charge on any atom is -0.303 e. The molecule has 1 saturated carbocycles. The molecule has 0 N–H and O–H groups in total. The molecule has 0 aromatic heterocycles. The number of carbonyl (C=O) groups is 1. The molecular weight excluding hydrogens is 456 g/mol. The largest absolute Gasteiger partial charge is 0.446 e. The highest BCUT2D eigenvalue weighted by Crippen LogP contribution is 2.56. The fourth-order valence-electron chi connectivity index (χ4n) is 6.23. The van der Waals surface area contributed by atoms with Crippen molar-refractivity contribution in [2.75, 3.05) is 13.6 Å². The number of nitrogens with zero attached hydrogens (tertiary/aromatic N) is 1. The minimum absolute atomic E-state index is 0.269. The van der Waals surface area contributed by atoms with Crippen LogP contribution in [0.2, 0.25) is 0 Å². The summed E-state index contributed by atoms with van der Waals surface area (Å²) in [5, 5.41) is 0. The van der Waals surface area contributed by atoms with E-state index in [1.165, 1.54) is 55.4 Å². The lowest BCUT2D eigenvalue weighted by molar-refractivity contribution is -0.156. The number of aldehydes is 1. The Balaban J connectivity index is 0.000000408. The van der Waals surface area contributed by atoms with Crippen molar-refractivity contribution in [3.63, 3.8) is 0 Å². The molecule has 1 unspecified atom stereocenters. The monoisotopic (exact) mass is 483 g/mol. The third kappa shape index (κ3) is 4.74. The summed E-state index contributed by atoms with van der Waals surface area (Å²) in [6.45, 7) is 1.14. The molecule has 3 aliphatic rings. The molecule has 5 rings (SSSR count). The second-order valence-corrected chi connectivity index (χ2v) is 9.62. The molecule has 34 heavy (non-hydrogen) atoms. The molecule has 3 atom stereocenters. The number of benzene rings is 2. The number of carbonyl (C=O) groups excluding carboxylic acids is 1. The Labute approximate surface area is 195 Å². The lowest BCUT2D eigenvalue weighted by Crippen LogP contribution is -2.59. The van der Waals surface area contributed by atoms with E-state index in [1.807, 2.05) is 0 Å². The van der Waals surface area contributed by atoms with E-state index in [4.69, 9.17) is 4.79 Å². The molecule has 2 aromatic rings. The van der Waals surface area contributed by atoms with Crippen LogP contribution >= 0.6 is 0 Å². The topological polar surface area (TPSA) is 20.3 Å². The first-order valence-electron chi connectivity index (χ1n) is 11.5. The van der Waals surface area contributed by atoms with Gasteiger partial charge in [0.1, 0.15) is 0 Å². The standard InChI is InChI=1S/C24H26F3N.C2HF3O/c1-28-13-12-23-11-3-2-4-20(23)22(28)15-18-6-5-17(14-21(18)23)16-7-9-19(10-8-16)24(25,26)27;3-2(4,5)1-6/h5-10,14,20,22H,2-4,11-13,15H2,1H3;1H/t20-,22-,23?;/m1./s1. The number of fused-ring (bicyclic) bond motifs is 1. The zero-order valence-corrected chi connectivity index (χ0v) is 18.8. The first-order chi connectivity index (χ1) is 15.9. The molecule has 0 spiro atoms. The molecule has 1 aliphatic heterocycles. The summed E-state index contributed by atoms with van der Waals surface area (Å²) in [7, 11) is 2.27. The van der Waals surface area contributed by atoms with Gasteiger partial charge < -0.3 is 4.90 Å². The third-order valence-corrected chi connectivity index (χ3v) is 7.79. The second-order valence-electron chi connectivity index (χ2n) is 9.62. The number of hydrogen-bond acceptors (Lipinski definition) is 2. The van der Waals surface area contributed by atoms with Crippen LogP contribution in [0.15, 0.2) is 42.5 Å². The second kappa shape index (κ2) is 9.02. The zero-order valence-electron chi connectivity index (χ0n) is 18.8. The van der Waals surface area contributed by atoms with Crippen molar-refractivity contribution in [3.8, 4) is 11.1 Å².